The summed E-state index contributed by atoms with van der Waals surface area (Å²) in [6.45, 7) is -0.0728. The van der Waals surface area contributed by atoms with Gasteiger partial charge in [-0.2, -0.15) is 5.26 Å². The lowest BCUT2D eigenvalue weighted by atomic mass is 10.1. The third-order valence-electron chi connectivity index (χ3n) is 4.61. The molecule has 0 spiro atoms. The molecule has 1 amide bonds. The van der Waals surface area contributed by atoms with E-state index in [9.17, 15) is 9.59 Å². The van der Waals surface area contributed by atoms with Crippen molar-refractivity contribution in [2.75, 3.05) is 23.0 Å². The van der Waals surface area contributed by atoms with E-state index in [4.69, 9.17) is 11.1 Å². The highest BCUT2D eigenvalue weighted by Gasteiger charge is 2.19. The van der Waals surface area contributed by atoms with Crippen LogP contribution in [0.4, 0.5) is 5.69 Å². The zero-order valence-electron chi connectivity index (χ0n) is 16.3. The molecule has 0 saturated carbocycles. The predicted octanol–water partition coefficient (Wildman–Crippen LogP) is 3.49. The second-order valence-electron chi connectivity index (χ2n) is 6.53. The van der Waals surface area contributed by atoms with E-state index in [2.05, 4.69) is 4.98 Å². The van der Waals surface area contributed by atoms with E-state index in [1.165, 1.54) is 16.2 Å². The fourth-order valence-electron chi connectivity index (χ4n) is 3.12. The Bertz CT molecular complexity index is 1330. The Morgan fingerprint density at radius 3 is 2.52 bits per heavy atom. The Labute approximate surface area is 186 Å². The van der Waals surface area contributed by atoms with Crippen LogP contribution in [0, 0.1) is 11.3 Å². The molecular weight excluding hydrogens is 430 g/mol. The average molecular weight is 448 g/mol. The minimum atomic E-state index is -0.364. The Balaban J connectivity index is 1.61. The van der Waals surface area contributed by atoms with Gasteiger partial charge in [0.05, 0.1) is 17.2 Å². The number of carbonyl (C=O) groups excluding carboxylic acids is 1. The van der Waals surface area contributed by atoms with Crippen LogP contribution in [0.3, 0.4) is 0 Å². The van der Waals surface area contributed by atoms with E-state index in [1.54, 1.807) is 24.3 Å². The first-order chi connectivity index (χ1) is 15.1. The van der Waals surface area contributed by atoms with Gasteiger partial charge in [-0.3, -0.25) is 14.5 Å². The summed E-state index contributed by atoms with van der Waals surface area (Å²) in [5.41, 5.74) is 1.97. The van der Waals surface area contributed by atoms with Crippen molar-refractivity contribution in [3.63, 3.8) is 0 Å². The number of aromatic nitrogens is 2. The number of thioether (sulfide) groups is 1. The normalized spacial score (nSPS) is 10.7. The molecule has 0 aliphatic heterocycles. The van der Waals surface area contributed by atoms with Crippen LogP contribution in [-0.2, 0) is 4.79 Å². The number of nitriles is 1. The topological polar surface area (TPSA) is 105 Å². The number of hydrogen-bond acceptors (Lipinski definition) is 7. The third kappa shape index (κ3) is 4.17. The smallest absolute Gasteiger partial charge is 0.282 e. The largest absolute Gasteiger partial charge is 0.334 e. The molecule has 154 valence electrons. The number of nitrogen functional groups attached to an aromatic ring is 1. The highest BCUT2D eigenvalue weighted by Crippen LogP contribution is 2.31. The molecule has 2 aromatic carbocycles. The molecule has 0 aliphatic rings. The maximum absolute atomic E-state index is 13.0. The molecular formula is C22H17N5O2S2. The highest BCUT2D eigenvalue weighted by molar-refractivity contribution is 7.99. The van der Waals surface area contributed by atoms with E-state index >= 15 is 0 Å². The Hall–Kier alpha value is -3.61. The van der Waals surface area contributed by atoms with Crippen molar-refractivity contribution in [2.45, 2.75) is 5.16 Å². The SMILES string of the molecule is N#CCN(C(=O)CSc1nc2scc(-c3ccccc3)c2c(=O)n1N)c1ccccc1. The van der Waals surface area contributed by atoms with Gasteiger partial charge in [0.2, 0.25) is 5.91 Å². The molecule has 4 aromatic rings. The van der Waals surface area contributed by atoms with E-state index in [0.717, 1.165) is 27.6 Å². The molecule has 0 unspecified atom stereocenters. The zero-order chi connectivity index (χ0) is 21.8. The first-order valence-corrected chi connectivity index (χ1v) is 11.2. The molecule has 7 nitrogen and oxygen atoms in total. The van der Waals surface area contributed by atoms with Gasteiger partial charge in [0, 0.05) is 16.6 Å². The van der Waals surface area contributed by atoms with Crippen molar-refractivity contribution in [3.8, 4) is 17.2 Å². The first kappa shape index (κ1) is 20.7. The fraction of sp³-hybridized carbons (Fsp3) is 0.0909. The summed E-state index contributed by atoms with van der Waals surface area (Å²) in [6, 6.07) is 20.6. The molecule has 0 fully saturated rings. The Morgan fingerprint density at radius 2 is 1.84 bits per heavy atom. The quantitative estimate of drug-likeness (QED) is 0.210. The number of rotatable bonds is 6. The number of fused-ring (bicyclic) bond motifs is 1. The van der Waals surface area contributed by atoms with Gasteiger partial charge in [-0.1, -0.05) is 60.3 Å². The molecule has 0 radical (unpaired) electrons. The minimum Gasteiger partial charge on any atom is -0.334 e. The van der Waals surface area contributed by atoms with E-state index in [1.807, 2.05) is 47.8 Å². The fourth-order valence-corrected chi connectivity index (χ4v) is 4.90. The van der Waals surface area contributed by atoms with E-state index in [-0.39, 0.29) is 28.9 Å². The third-order valence-corrected chi connectivity index (χ3v) is 6.42. The first-order valence-electron chi connectivity index (χ1n) is 9.30. The maximum Gasteiger partial charge on any atom is 0.282 e. The van der Waals surface area contributed by atoms with Gasteiger partial charge in [0.1, 0.15) is 11.4 Å². The van der Waals surface area contributed by atoms with Crippen LogP contribution < -0.4 is 16.3 Å². The van der Waals surface area contributed by atoms with Gasteiger partial charge in [-0.05, 0) is 17.7 Å². The minimum absolute atomic E-state index is 0.0113. The van der Waals surface area contributed by atoms with Gasteiger partial charge in [0.15, 0.2) is 5.16 Å². The number of nitrogens with zero attached hydrogens (tertiary/aromatic N) is 4. The molecule has 4 rings (SSSR count). The summed E-state index contributed by atoms with van der Waals surface area (Å²) in [5, 5.41) is 11.7. The highest BCUT2D eigenvalue weighted by atomic mass is 32.2. The van der Waals surface area contributed by atoms with Gasteiger partial charge >= 0.3 is 0 Å². The second-order valence-corrected chi connectivity index (χ2v) is 8.33. The molecule has 2 heterocycles. The van der Waals surface area contributed by atoms with Crippen molar-refractivity contribution < 1.29 is 4.79 Å². The van der Waals surface area contributed by atoms with E-state index < -0.39 is 0 Å². The maximum atomic E-state index is 13.0. The van der Waals surface area contributed by atoms with Crippen molar-refractivity contribution in [2.24, 2.45) is 0 Å². The number of hydrogen-bond donors (Lipinski definition) is 1. The van der Waals surface area contributed by atoms with Gasteiger partial charge in [0.25, 0.3) is 5.56 Å². The van der Waals surface area contributed by atoms with Gasteiger partial charge in [-0.15, -0.1) is 11.3 Å². The molecule has 0 saturated heterocycles. The molecule has 0 atom stereocenters. The van der Waals surface area contributed by atoms with Crippen LogP contribution in [0.1, 0.15) is 0 Å². The number of thiophene rings is 1. The number of nitrogens with two attached hydrogens (primary N) is 1. The van der Waals surface area contributed by atoms with Gasteiger partial charge in [-0.25, -0.2) is 9.66 Å². The zero-order valence-corrected chi connectivity index (χ0v) is 17.9. The molecule has 0 aliphatic carbocycles. The summed E-state index contributed by atoms with van der Waals surface area (Å²) in [5.74, 6) is 5.75. The lowest BCUT2D eigenvalue weighted by Crippen LogP contribution is -2.34. The van der Waals surface area contributed by atoms with Gasteiger partial charge < -0.3 is 5.84 Å². The van der Waals surface area contributed by atoms with Crippen LogP contribution in [0.5, 0.6) is 0 Å². The summed E-state index contributed by atoms with van der Waals surface area (Å²) in [7, 11) is 0. The van der Waals surface area contributed by atoms with Crippen molar-refractivity contribution in [1.29, 1.82) is 5.26 Å². The van der Waals surface area contributed by atoms with E-state index in [0.29, 0.717) is 15.9 Å². The summed E-state index contributed by atoms with van der Waals surface area (Å²) >= 11 is 2.43. The number of amides is 1. The predicted molar refractivity (Wildman–Crippen MR) is 125 cm³/mol. The molecule has 2 aromatic heterocycles. The number of carbonyl (C=O) groups is 1. The Morgan fingerprint density at radius 1 is 1.16 bits per heavy atom. The Kier molecular flexibility index (Phi) is 6.02. The summed E-state index contributed by atoms with van der Waals surface area (Å²) in [4.78, 5) is 32.2. The molecule has 2 N–H and O–H groups in total. The molecule has 0 bridgehead atoms. The van der Waals surface area contributed by atoms with Crippen molar-refractivity contribution >= 4 is 44.9 Å². The number of anilines is 1. The van der Waals surface area contributed by atoms with Crippen LogP contribution in [0.25, 0.3) is 21.3 Å². The standard InChI is InChI=1S/C22H17N5O2S2/c23-11-12-26(16-9-5-2-6-10-16)18(28)14-31-22-25-20-19(21(29)27(22)24)17(13-30-20)15-7-3-1-4-8-15/h1-10,13H,12,14,24H2. The number of para-hydroxylation sites is 1. The molecule has 31 heavy (non-hydrogen) atoms. The van der Waals surface area contributed by atoms with Crippen LogP contribution in [0.15, 0.2) is 76.0 Å². The lowest BCUT2D eigenvalue weighted by Gasteiger charge is -2.19. The van der Waals surface area contributed by atoms with Crippen molar-refractivity contribution in [1.82, 2.24) is 9.66 Å². The van der Waals surface area contributed by atoms with Crippen LogP contribution in [-0.4, -0.2) is 27.9 Å². The summed E-state index contributed by atoms with van der Waals surface area (Å²) < 4.78 is 0.983. The number of benzene rings is 2. The summed E-state index contributed by atoms with van der Waals surface area (Å²) in [6.07, 6.45) is 0. The van der Waals surface area contributed by atoms with Crippen LogP contribution >= 0.6 is 23.1 Å². The second kappa shape index (κ2) is 9.04. The molecule has 9 heteroatoms. The van der Waals surface area contributed by atoms with Crippen molar-refractivity contribution in [3.05, 3.63) is 76.4 Å². The average Bonchev–Trinajstić information content (AvgIpc) is 3.24. The monoisotopic (exact) mass is 447 g/mol. The lowest BCUT2D eigenvalue weighted by molar-refractivity contribution is -0.116. The van der Waals surface area contributed by atoms with Crippen LogP contribution in [0.2, 0.25) is 0 Å².